The second-order valence-corrected chi connectivity index (χ2v) is 4.84. The van der Waals surface area contributed by atoms with Crippen molar-refractivity contribution in [3.8, 4) is 0 Å². The third-order valence-corrected chi connectivity index (χ3v) is 2.86. The molecule has 0 atom stereocenters. The quantitative estimate of drug-likeness (QED) is 0.355. The van der Waals surface area contributed by atoms with Crippen LogP contribution in [-0.2, 0) is 4.79 Å². The van der Waals surface area contributed by atoms with Crippen LogP contribution in [0.15, 0.2) is 40.8 Å². The maximum atomic E-state index is 11.5. The molecule has 17 heavy (non-hydrogen) atoms. The second kappa shape index (κ2) is 6.20. The summed E-state index contributed by atoms with van der Waals surface area (Å²) >= 11 is 1.10. The Balaban J connectivity index is 2.60. The SMILES string of the molecule is CC(C)=CCC(=O)Sc1ccc([N+](=O)[O-])cc1. The van der Waals surface area contributed by atoms with Crippen LogP contribution < -0.4 is 0 Å². The Bertz CT molecular complexity index is 447. The average molecular weight is 251 g/mol. The third-order valence-electron chi connectivity index (χ3n) is 1.96. The first-order chi connectivity index (χ1) is 7.99. The smallest absolute Gasteiger partial charge is 0.269 e. The molecule has 0 saturated carbocycles. The minimum absolute atomic E-state index is 0.0278. The highest BCUT2D eigenvalue weighted by molar-refractivity contribution is 8.13. The molecule has 0 spiro atoms. The van der Waals surface area contributed by atoms with Gasteiger partial charge in [0.2, 0.25) is 0 Å². The van der Waals surface area contributed by atoms with Gasteiger partial charge in [-0.1, -0.05) is 23.4 Å². The van der Waals surface area contributed by atoms with Crippen LogP contribution in [0, 0.1) is 10.1 Å². The van der Waals surface area contributed by atoms with Gasteiger partial charge in [0, 0.05) is 23.4 Å². The number of rotatable bonds is 4. The molecule has 4 nitrogen and oxygen atoms in total. The minimum Gasteiger partial charge on any atom is -0.286 e. The van der Waals surface area contributed by atoms with Crippen molar-refractivity contribution in [1.82, 2.24) is 0 Å². The van der Waals surface area contributed by atoms with Crippen LogP contribution >= 0.6 is 11.8 Å². The van der Waals surface area contributed by atoms with Crippen LogP contribution in [0.4, 0.5) is 5.69 Å². The summed E-state index contributed by atoms with van der Waals surface area (Å²) in [6, 6.07) is 5.97. The number of thioether (sulfide) groups is 1. The van der Waals surface area contributed by atoms with Gasteiger partial charge in [-0.2, -0.15) is 0 Å². The Morgan fingerprint density at radius 2 is 1.94 bits per heavy atom. The van der Waals surface area contributed by atoms with E-state index < -0.39 is 4.92 Å². The van der Waals surface area contributed by atoms with Crippen molar-refractivity contribution in [1.29, 1.82) is 0 Å². The van der Waals surface area contributed by atoms with E-state index in [1.807, 2.05) is 19.9 Å². The van der Waals surface area contributed by atoms with Gasteiger partial charge < -0.3 is 0 Å². The highest BCUT2D eigenvalue weighted by Crippen LogP contribution is 2.23. The molecular weight excluding hydrogens is 238 g/mol. The first-order valence-electron chi connectivity index (χ1n) is 5.07. The lowest BCUT2D eigenvalue weighted by atomic mass is 10.3. The Labute approximate surface area is 104 Å². The topological polar surface area (TPSA) is 60.2 Å². The number of hydrogen-bond donors (Lipinski definition) is 0. The molecule has 0 amide bonds. The van der Waals surface area contributed by atoms with E-state index in [1.54, 1.807) is 12.1 Å². The lowest BCUT2D eigenvalue weighted by molar-refractivity contribution is -0.384. The summed E-state index contributed by atoms with van der Waals surface area (Å²) in [6.07, 6.45) is 2.24. The van der Waals surface area contributed by atoms with E-state index in [1.165, 1.54) is 12.1 Å². The maximum absolute atomic E-state index is 11.5. The lowest BCUT2D eigenvalue weighted by Crippen LogP contribution is -1.90. The number of benzene rings is 1. The molecule has 0 unspecified atom stereocenters. The van der Waals surface area contributed by atoms with Crippen LogP contribution in [0.2, 0.25) is 0 Å². The molecule has 1 aromatic carbocycles. The van der Waals surface area contributed by atoms with E-state index in [9.17, 15) is 14.9 Å². The van der Waals surface area contributed by atoms with Crippen molar-refractivity contribution < 1.29 is 9.72 Å². The van der Waals surface area contributed by atoms with E-state index in [4.69, 9.17) is 0 Å². The normalized spacial score (nSPS) is 9.76. The van der Waals surface area contributed by atoms with Crippen molar-refractivity contribution in [2.24, 2.45) is 0 Å². The van der Waals surface area contributed by atoms with Crippen LogP contribution in [-0.4, -0.2) is 10.0 Å². The predicted molar refractivity (Wildman–Crippen MR) is 68.0 cm³/mol. The fourth-order valence-corrected chi connectivity index (χ4v) is 1.80. The highest BCUT2D eigenvalue weighted by atomic mass is 32.2. The molecule has 1 aromatic rings. The summed E-state index contributed by atoms with van der Waals surface area (Å²) < 4.78 is 0. The van der Waals surface area contributed by atoms with Crippen LogP contribution in [0.25, 0.3) is 0 Å². The zero-order valence-corrected chi connectivity index (χ0v) is 10.5. The van der Waals surface area contributed by atoms with E-state index in [0.29, 0.717) is 6.42 Å². The van der Waals surface area contributed by atoms with Gasteiger partial charge in [0.25, 0.3) is 5.69 Å². The predicted octanol–water partition coefficient (Wildman–Crippen LogP) is 3.57. The van der Waals surface area contributed by atoms with Gasteiger partial charge in [-0.15, -0.1) is 0 Å². The van der Waals surface area contributed by atoms with Crippen LogP contribution in [0.5, 0.6) is 0 Å². The standard InChI is InChI=1S/C12H13NO3S/c1-9(2)3-8-12(14)17-11-6-4-10(5-7-11)13(15)16/h3-7H,8H2,1-2H3. The zero-order chi connectivity index (χ0) is 12.8. The first-order valence-corrected chi connectivity index (χ1v) is 5.89. The largest absolute Gasteiger partial charge is 0.286 e. The number of nitro groups is 1. The van der Waals surface area contributed by atoms with Gasteiger partial charge in [-0.05, 0) is 26.0 Å². The number of allylic oxidation sites excluding steroid dienone is 2. The Hall–Kier alpha value is -1.62. The van der Waals surface area contributed by atoms with Crippen molar-refractivity contribution in [2.45, 2.75) is 25.2 Å². The van der Waals surface area contributed by atoms with Crippen LogP contribution in [0.1, 0.15) is 20.3 Å². The van der Waals surface area contributed by atoms with Crippen molar-refractivity contribution in [3.63, 3.8) is 0 Å². The molecule has 0 radical (unpaired) electrons. The fraction of sp³-hybridized carbons (Fsp3) is 0.250. The first kappa shape index (κ1) is 13.4. The second-order valence-electron chi connectivity index (χ2n) is 3.71. The molecule has 5 heteroatoms. The molecule has 0 bridgehead atoms. The monoisotopic (exact) mass is 251 g/mol. The van der Waals surface area contributed by atoms with Crippen LogP contribution in [0.3, 0.4) is 0 Å². The summed E-state index contributed by atoms with van der Waals surface area (Å²) in [5, 5.41) is 10.5. The molecule has 0 aromatic heterocycles. The van der Waals surface area contributed by atoms with E-state index in [0.717, 1.165) is 22.2 Å². The summed E-state index contributed by atoms with van der Waals surface area (Å²) in [5.74, 6) is 0. The number of carbonyl (C=O) groups is 1. The number of hydrogen-bond acceptors (Lipinski definition) is 4. The summed E-state index contributed by atoms with van der Waals surface area (Å²) in [6.45, 7) is 3.87. The fourth-order valence-electron chi connectivity index (χ4n) is 1.10. The maximum Gasteiger partial charge on any atom is 0.269 e. The molecule has 0 aliphatic heterocycles. The molecule has 0 N–H and O–H groups in total. The zero-order valence-electron chi connectivity index (χ0n) is 9.67. The number of nitro benzene ring substituents is 1. The molecular formula is C12H13NO3S. The highest BCUT2D eigenvalue weighted by Gasteiger charge is 2.07. The Morgan fingerprint density at radius 1 is 1.35 bits per heavy atom. The van der Waals surface area contributed by atoms with E-state index in [2.05, 4.69) is 0 Å². The van der Waals surface area contributed by atoms with Gasteiger partial charge in [0.15, 0.2) is 5.12 Å². The van der Waals surface area contributed by atoms with Gasteiger partial charge in [0.05, 0.1) is 4.92 Å². The minimum atomic E-state index is -0.459. The number of carbonyl (C=O) groups excluding carboxylic acids is 1. The molecule has 0 aliphatic carbocycles. The summed E-state index contributed by atoms with van der Waals surface area (Å²) in [7, 11) is 0. The van der Waals surface area contributed by atoms with E-state index in [-0.39, 0.29) is 10.8 Å². The summed E-state index contributed by atoms with van der Waals surface area (Å²) in [4.78, 5) is 22.2. The van der Waals surface area contributed by atoms with Gasteiger partial charge in [-0.3, -0.25) is 14.9 Å². The molecule has 0 fully saturated rings. The average Bonchev–Trinajstić information content (AvgIpc) is 2.27. The molecule has 1 rings (SSSR count). The lowest BCUT2D eigenvalue weighted by Gasteiger charge is -1.98. The van der Waals surface area contributed by atoms with Crippen molar-refractivity contribution in [2.75, 3.05) is 0 Å². The Morgan fingerprint density at radius 3 is 2.41 bits per heavy atom. The molecule has 0 heterocycles. The van der Waals surface area contributed by atoms with Crippen molar-refractivity contribution in [3.05, 3.63) is 46.0 Å². The van der Waals surface area contributed by atoms with Crippen molar-refractivity contribution >= 4 is 22.6 Å². The molecule has 90 valence electrons. The third kappa shape index (κ3) is 4.82. The summed E-state index contributed by atoms with van der Waals surface area (Å²) in [5.41, 5.74) is 1.13. The molecule has 0 saturated heterocycles. The Kier molecular flexibility index (Phi) is 4.90. The van der Waals surface area contributed by atoms with Gasteiger partial charge in [-0.25, -0.2) is 0 Å². The number of non-ortho nitro benzene ring substituents is 1. The molecule has 0 aliphatic rings. The number of nitrogens with zero attached hydrogens (tertiary/aromatic N) is 1. The van der Waals surface area contributed by atoms with Gasteiger partial charge in [0.1, 0.15) is 0 Å². The van der Waals surface area contributed by atoms with E-state index >= 15 is 0 Å². The van der Waals surface area contributed by atoms with Gasteiger partial charge >= 0.3 is 0 Å².